The molecule has 4 rings (SSSR count). The standard InChI is InChI=1S/C30H38O16/c1-14(31)39-22-20(44-29(36-6)26(42-17(4)34)24(22)40-15(2)32)13-38-30-27(43-18(5)35)25(41-16(3)33)23-21(45-30)12-37-28(46-23)19-10-8-7-9-11-19/h7-11,20-30H,12-13H2,1-6H3/t20?,21?,22-,23-,24?,25?,26?,27?,28?,29+,30-/m1/s1. The quantitative estimate of drug-likeness (QED) is 0.255. The zero-order valence-electron chi connectivity index (χ0n) is 26.2. The molecule has 3 aliphatic rings. The molecular weight excluding hydrogens is 616 g/mol. The summed E-state index contributed by atoms with van der Waals surface area (Å²) in [5, 5.41) is 0. The van der Waals surface area contributed by atoms with Crippen LogP contribution >= 0.6 is 0 Å². The average molecular weight is 655 g/mol. The number of methoxy groups -OCH3 is 1. The van der Waals surface area contributed by atoms with Crippen LogP contribution in [0, 0.1) is 0 Å². The molecule has 0 spiro atoms. The van der Waals surface area contributed by atoms with Crippen LogP contribution in [0.2, 0.25) is 0 Å². The molecule has 16 heteroatoms. The van der Waals surface area contributed by atoms with E-state index in [9.17, 15) is 24.0 Å². The Morgan fingerprint density at radius 2 is 1.17 bits per heavy atom. The first-order chi connectivity index (χ1) is 21.9. The number of hydrogen-bond donors (Lipinski definition) is 0. The number of rotatable bonds is 10. The van der Waals surface area contributed by atoms with Crippen molar-refractivity contribution >= 4 is 29.8 Å². The van der Waals surface area contributed by atoms with Crippen molar-refractivity contribution in [1.82, 2.24) is 0 Å². The molecule has 3 saturated heterocycles. The topological polar surface area (TPSA) is 187 Å². The molecule has 1 aromatic rings. The summed E-state index contributed by atoms with van der Waals surface area (Å²) in [5.41, 5.74) is 0.706. The number of ether oxygens (including phenoxy) is 11. The summed E-state index contributed by atoms with van der Waals surface area (Å²) in [4.78, 5) is 60.5. The number of fused-ring (bicyclic) bond motifs is 1. The Hall–Kier alpha value is -3.67. The molecule has 0 amide bonds. The van der Waals surface area contributed by atoms with Crippen molar-refractivity contribution in [3.63, 3.8) is 0 Å². The molecule has 0 saturated carbocycles. The van der Waals surface area contributed by atoms with Gasteiger partial charge < -0.3 is 52.1 Å². The molecule has 46 heavy (non-hydrogen) atoms. The van der Waals surface area contributed by atoms with Crippen molar-refractivity contribution in [3.8, 4) is 0 Å². The highest BCUT2D eigenvalue weighted by Crippen LogP contribution is 2.37. The Kier molecular flexibility index (Phi) is 12.0. The van der Waals surface area contributed by atoms with Gasteiger partial charge in [0.25, 0.3) is 0 Å². The van der Waals surface area contributed by atoms with Crippen LogP contribution in [0.5, 0.6) is 0 Å². The Morgan fingerprint density at radius 3 is 1.74 bits per heavy atom. The normalized spacial score (nSPS) is 33.9. The van der Waals surface area contributed by atoms with Crippen molar-refractivity contribution < 1.29 is 76.1 Å². The molecule has 7 unspecified atom stereocenters. The molecule has 0 aromatic heterocycles. The van der Waals surface area contributed by atoms with Gasteiger partial charge in [-0.3, -0.25) is 24.0 Å². The van der Waals surface area contributed by atoms with E-state index in [1.165, 1.54) is 14.0 Å². The lowest BCUT2D eigenvalue weighted by molar-refractivity contribution is -0.368. The van der Waals surface area contributed by atoms with E-state index in [4.69, 9.17) is 52.1 Å². The van der Waals surface area contributed by atoms with Crippen molar-refractivity contribution in [1.29, 1.82) is 0 Å². The summed E-state index contributed by atoms with van der Waals surface area (Å²) >= 11 is 0. The molecule has 3 fully saturated rings. The highest BCUT2D eigenvalue weighted by Gasteiger charge is 2.56. The molecule has 3 aliphatic heterocycles. The van der Waals surface area contributed by atoms with Crippen LogP contribution in [-0.4, -0.2) is 112 Å². The summed E-state index contributed by atoms with van der Waals surface area (Å²) in [5.74, 6) is -3.66. The number of carbonyl (C=O) groups excluding carboxylic acids is 5. The van der Waals surface area contributed by atoms with Crippen LogP contribution in [0.1, 0.15) is 46.5 Å². The Morgan fingerprint density at radius 1 is 0.652 bits per heavy atom. The van der Waals surface area contributed by atoms with Crippen molar-refractivity contribution in [2.75, 3.05) is 20.3 Å². The second-order valence-corrected chi connectivity index (χ2v) is 10.7. The van der Waals surface area contributed by atoms with E-state index in [0.717, 1.165) is 27.7 Å². The molecule has 0 aliphatic carbocycles. The average Bonchev–Trinajstić information content (AvgIpc) is 2.98. The molecule has 16 nitrogen and oxygen atoms in total. The van der Waals surface area contributed by atoms with Crippen LogP contribution in [0.3, 0.4) is 0 Å². The van der Waals surface area contributed by atoms with Crippen LogP contribution < -0.4 is 0 Å². The molecule has 1 aromatic carbocycles. The fourth-order valence-corrected chi connectivity index (χ4v) is 5.47. The van der Waals surface area contributed by atoms with Gasteiger partial charge in [-0.25, -0.2) is 0 Å². The van der Waals surface area contributed by atoms with Gasteiger partial charge in [0.05, 0.1) is 13.2 Å². The maximum absolute atomic E-state index is 12.2. The predicted molar refractivity (Wildman–Crippen MR) is 148 cm³/mol. The fourth-order valence-electron chi connectivity index (χ4n) is 5.47. The summed E-state index contributed by atoms with van der Waals surface area (Å²) in [6.45, 7) is 5.31. The molecule has 3 heterocycles. The minimum Gasteiger partial charge on any atom is -0.456 e. The van der Waals surface area contributed by atoms with Gasteiger partial charge in [0, 0.05) is 47.3 Å². The number of hydrogen-bond acceptors (Lipinski definition) is 16. The summed E-state index contributed by atoms with van der Waals surface area (Å²) < 4.78 is 62.9. The molecule has 11 atom stereocenters. The van der Waals surface area contributed by atoms with E-state index in [1.54, 1.807) is 12.1 Å². The van der Waals surface area contributed by atoms with Gasteiger partial charge in [-0.15, -0.1) is 0 Å². The Labute approximate surface area is 264 Å². The van der Waals surface area contributed by atoms with Gasteiger partial charge >= 0.3 is 29.8 Å². The minimum atomic E-state index is -1.38. The largest absolute Gasteiger partial charge is 0.456 e. The number of carbonyl (C=O) groups is 5. The summed E-state index contributed by atoms with van der Waals surface area (Å²) in [6.07, 6.45) is -13.0. The zero-order chi connectivity index (χ0) is 33.5. The third-order valence-electron chi connectivity index (χ3n) is 7.11. The van der Waals surface area contributed by atoms with E-state index in [1.807, 2.05) is 18.2 Å². The van der Waals surface area contributed by atoms with Gasteiger partial charge in [-0.05, 0) is 0 Å². The van der Waals surface area contributed by atoms with Crippen molar-refractivity contribution in [2.45, 2.75) is 102 Å². The second kappa shape index (κ2) is 15.8. The SMILES string of the molecule is CO[C@H]1OC(CO[C@@H]2OC3COC(c4ccccc4)O[C@H]3C(OC(C)=O)C2OC(C)=O)[C@@H](OC(C)=O)C(OC(C)=O)C1OC(C)=O. The van der Waals surface area contributed by atoms with Gasteiger partial charge in [0.1, 0.15) is 18.3 Å². The smallest absolute Gasteiger partial charge is 0.303 e. The van der Waals surface area contributed by atoms with Crippen LogP contribution in [-0.2, 0) is 76.1 Å². The van der Waals surface area contributed by atoms with Gasteiger partial charge in [-0.1, -0.05) is 30.3 Å². The van der Waals surface area contributed by atoms with E-state index >= 15 is 0 Å². The third kappa shape index (κ3) is 8.77. The Balaban J connectivity index is 1.61. The van der Waals surface area contributed by atoms with E-state index < -0.39 is 104 Å². The maximum Gasteiger partial charge on any atom is 0.303 e. The van der Waals surface area contributed by atoms with Crippen LogP contribution in [0.25, 0.3) is 0 Å². The van der Waals surface area contributed by atoms with Crippen molar-refractivity contribution in [3.05, 3.63) is 35.9 Å². The molecule has 0 bridgehead atoms. The van der Waals surface area contributed by atoms with Crippen LogP contribution in [0.4, 0.5) is 0 Å². The number of esters is 5. The highest BCUT2D eigenvalue weighted by molar-refractivity contribution is 5.69. The maximum atomic E-state index is 12.2. The van der Waals surface area contributed by atoms with E-state index in [2.05, 4.69) is 0 Å². The fraction of sp³-hybridized carbons (Fsp3) is 0.633. The van der Waals surface area contributed by atoms with Crippen molar-refractivity contribution in [2.24, 2.45) is 0 Å². The summed E-state index contributed by atoms with van der Waals surface area (Å²) in [7, 11) is 1.27. The first-order valence-electron chi connectivity index (χ1n) is 14.5. The summed E-state index contributed by atoms with van der Waals surface area (Å²) in [6, 6.07) is 9.06. The second-order valence-electron chi connectivity index (χ2n) is 10.7. The lowest BCUT2D eigenvalue weighted by atomic mass is 9.96. The first-order valence-corrected chi connectivity index (χ1v) is 14.5. The Bertz CT molecular complexity index is 1240. The van der Waals surface area contributed by atoms with E-state index in [-0.39, 0.29) is 6.61 Å². The third-order valence-corrected chi connectivity index (χ3v) is 7.11. The van der Waals surface area contributed by atoms with Gasteiger partial charge in [0.15, 0.2) is 49.4 Å². The lowest BCUT2D eigenvalue weighted by Crippen LogP contribution is -2.65. The molecule has 0 radical (unpaired) electrons. The monoisotopic (exact) mass is 654 g/mol. The minimum absolute atomic E-state index is 0.00498. The molecular formula is C30H38O16. The van der Waals surface area contributed by atoms with Gasteiger partial charge in [-0.2, -0.15) is 0 Å². The zero-order valence-corrected chi connectivity index (χ0v) is 26.2. The van der Waals surface area contributed by atoms with Crippen LogP contribution in [0.15, 0.2) is 30.3 Å². The first kappa shape index (κ1) is 35.2. The highest BCUT2D eigenvalue weighted by atomic mass is 16.8. The lowest BCUT2D eigenvalue weighted by Gasteiger charge is -2.48. The van der Waals surface area contributed by atoms with Gasteiger partial charge in [0.2, 0.25) is 0 Å². The molecule has 0 N–H and O–H groups in total. The predicted octanol–water partition coefficient (Wildman–Crippen LogP) is 0.872. The van der Waals surface area contributed by atoms with E-state index in [0.29, 0.717) is 5.56 Å². The number of benzene rings is 1. The molecule has 254 valence electrons.